The maximum atomic E-state index is 5.37. The van der Waals surface area contributed by atoms with Crippen molar-refractivity contribution in [2.75, 3.05) is 31.1 Å². The Morgan fingerprint density at radius 1 is 1.33 bits per heavy atom. The molecule has 0 atom stereocenters. The molecule has 1 rings (SSSR count). The van der Waals surface area contributed by atoms with Crippen molar-refractivity contribution in [3.63, 3.8) is 0 Å². The average molecular weight is 209 g/mol. The van der Waals surface area contributed by atoms with E-state index in [0.717, 1.165) is 18.9 Å². The minimum Gasteiger partial charge on any atom is -0.476 e. The van der Waals surface area contributed by atoms with Crippen molar-refractivity contribution in [2.24, 2.45) is 5.73 Å². The number of ether oxygens (including phenoxy) is 1. The first-order chi connectivity index (χ1) is 7.31. The number of nitrogens with two attached hydrogens (primary N) is 1. The molecule has 0 saturated heterocycles. The van der Waals surface area contributed by atoms with Crippen LogP contribution >= 0.6 is 0 Å². The number of pyridine rings is 1. The molecule has 1 heterocycles. The predicted molar refractivity (Wildman–Crippen MR) is 62.3 cm³/mol. The lowest BCUT2D eigenvalue weighted by Crippen LogP contribution is -2.23. The minimum absolute atomic E-state index is 0.509. The molecule has 0 saturated carbocycles. The van der Waals surface area contributed by atoms with E-state index in [4.69, 9.17) is 10.5 Å². The topological polar surface area (TPSA) is 51.4 Å². The van der Waals surface area contributed by atoms with Crippen LogP contribution in [-0.2, 0) is 0 Å². The van der Waals surface area contributed by atoms with Crippen LogP contribution in [0.15, 0.2) is 18.2 Å². The van der Waals surface area contributed by atoms with Crippen LogP contribution in [0.1, 0.15) is 13.8 Å². The second-order valence-corrected chi connectivity index (χ2v) is 3.14. The molecule has 4 nitrogen and oxygen atoms in total. The molecule has 0 aliphatic heterocycles. The van der Waals surface area contributed by atoms with Crippen molar-refractivity contribution in [1.82, 2.24) is 4.98 Å². The van der Waals surface area contributed by atoms with E-state index in [1.54, 1.807) is 0 Å². The summed E-state index contributed by atoms with van der Waals surface area (Å²) in [5.74, 6) is 1.60. The van der Waals surface area contributed by atoms with Crippen LogP contribution in [0.4, 0.5) is 5.82 Å². The molecule has 1 aromatic heterocycles. The zero-order valence-corrected chi connectivity index (χ0v) is 9.44. The lowest BCUT2D eigenvalue weighted by Gasteiger charge is -2.19. The van der Waals surface area contributed by atoms with Crippen LogP contribution in [0.3, 0.4) is 0 Å². The molecule has 0 bridgehead atoms. The zero-order valence-electron chi connectivity index (χ0n) is 9.44. The Kier molecular flexibility index (Phi) is 4.90. The highest BCUT2D eigenvalue weighted by Gasteiger charge is 2.04. The van der Waals surface area contributed by atoms with Gasteiger partial charge in [0.1, 0.15) is 12.4 Å². The number of anilines is 1. The van der Waals surface area contributed by atoms with Gasteiger partial charge in [0.25, 0.3) is 0 Å². The third-order valence-electron chi connectivity index (χ3n) is 2.16. The lowest BCUT2D eigenvalue weighted by molar-refractivity contribution is 0.316. The van der Waals surface area contributed by atoms with Crippen molar-refractivity contribution in [2.45, 2.75) is 13.8 Å². The van der Waals surface area contributed by atoms with Crippen molar-refractivity contribution in [3.05, 3.63) is 18.2 Å². The molecule has 0 aromatic carbocycles. The summed E-state index contributed by atoms with van der Waals surface area (Å²) in [5, 5.41) is 0. The summed E-state index contributed by atoms with van der Waals surface area (Å²) in [6.45, 7) is 7.14. The van der Waals surface area contributed by atoms with E-state index in [1.807, 2.05) is 18.2 Å². The van der Waals surface area contributed by atoms with Gasteiger partial charge >= 0.3 is 0 Å². The van der Waals surface area contributed by atoms with Crippen LogP contribution in [-0.4, -0.2) is 31.2 Å². The van der Waals surface area contributed by atoms with Gasteiger partial charge in [0.2, 0.25) is 5.88 Å². The van der Waals surface area contributed by atoms with Gasteiger partial charge in [-0.3, -0.25) is 0 Å². The van der Waals surface area contributed by atoms with Gasteiger partial charge in [-0.05, 0) is 19.9 Å². The van der Waals surface area contributed by atoms with Crippen LogP contribution in [0.2, 0.25) is 0 Å². The number of hydrogen-bond donors (Lipinski definition) is 1. The second-order valence-electron chi connectivity index (χ2n) is 3.14. The first-order valence-electron chi connectivity index (χ1n) is 5.36. The summed E-state index contributed by atoms with van der Waals surface area (Å²) >= 11 is 0. The molecule has 4 heteroatoms. The third-order valence-corrected chi connectivity index (χ3v) is 2.16. The van der Waals surface area contributed by atoms with Crippen LogP contribution < -0.4 is 15.4 Å². The standard InChI is InChI=1S/C11H19N3O/c1-3-14(4-2)10-6-5-7-11(13-10)15-9-8-12/h5-7H,3-4,8-9,12H2,1-2H3. The highest BCUT2D eigenvalue weighted by atomic mass is 16.5. The number of aromatic nitrogens is 1. The molecule has 0 unspecified atom stereocenters. The molecule has 0 amide bonds. The third kappa shape index (κ3) is 3.40. The number of nitrogens with zero attached hydrogens (tertiary/aromatic N) is 2. The van der Waals surface area contributed by atoms with Gasteiger partial charge in [-0.15, -0.1) is 0 Å². The molecule has 1 aromatic rings. The molecule has 15 heavy (non-hydrogen) atoms. The highest BCUT2D eigenvalue weighted by Crippen LogP contribution is 2.15. The van der Waals surface area contributed by atoms with Crippen molar-refractivity contribution in [1.29, 1.82) is 0 Å². The maximum Gasteiger partial charge on any atom is 0.215 e. The van der Waals surface area contributed by atoms with Crippen LogP contribution in [0.25, 0.3) is 0 Å². The Bertz CT molecular complexity index is 287. The van der Waals surface area contributed by atoms with E-state index in [0.29, 0.717) is 19.0 Å². The number of rotatable bonds is 6. The fourth-order valence-electron chi connectivity index (χ4n) is 1.37. The van der Waals surface area contributed by atoms with Gasteiger partial charge in [-0.25, -0.2) is 0 Å². The fraction of sp³-hybridized carbons (Fsp3) is 0.545. The van der Waals surface area contributed by atoms with Crippen LogP contribution in [0, 0.1) is 0 Å². The summed E-state index contributed by atoms with van der Waals surface area (Å²) in [6, 6.07) is 5.79. The SMILES string of the molecule is CCN(CC)c1cccc(OCCN)n1. The van der Waals surface area contributed by atoms with E-state index in [9.17, 15) is 0 Å². The quantitative estimate of drug-likeness (QED) is 0.766. The summed E-state index contributed by atoms with van der Waals surface area (Å²) in [5.41, 5.74) is 5.36. The molecule has 84 valence electrons. The van der Waals surface area contributed by atoms with Crippen molar-refractivity contribution < 1.29 is 4.74 Å². The highest BCUT2D eigenvalue weighted by molar-refractivity contribution is 5.40. The van der Waals surface area contributed by atoms with Gasteiger partial charge in [0, 0.05) is 25.7 Å². The molecule has 0 radical (unpaired) electrons. The molecular formula is C11H19N3O. The first-order valence-corrected chi connectivity index (χ1v) is 5.36. The van der Waals surface area contributed by atoms with Crippen molar-refractivity contribution in [3.8, 4) is 5.88 Å². The second kappa shape index (κ2) is 6.24. The Balaban J connectivity index is 2.72. The summed E-state index contributed by atoms with van der Waals surface area (Å²) in [4.78, 5) is 6.58. The van der Waals surface area contributed by atoms with Gasteiger partial charge in [0.05, 0.1) is 0 Å². The predicted octanol–water partition coefficient (Wildman–Crippen LogP) is 1.27. The molecule has 0 fully saturated rings. The first kappa shape index (κ1) is 11.8. The summed E-state index contributed by atoms with van der Waals surface area (Å²) in [6.07, 6.45) is 0. The molecular weight excluding hydrogens is 190 g/mol. The zero-order chi connectivity index (χ0) is 11.1. The molecule has 0 aliphatic carbocycles. The molecule has 0 aliphatic rings. The normalized spacial score (nSPS) is 10.1. The Morgan fingerprint density at radius 3 is 2.67 bits per heavy atom. The minimum atomic E-state index is 0.509. The Hall–Kier alpha value is -1.29. The van der Waals surface area contributed by atoms with E-state index in [-0.39, 0.29) is 0 Å². The van der Waals surface area contributed by atoms with Crippen molar-refractivity contribution >= 4 is 5.82 Å². The van der Waals surface area contributed by atoms with Gasteiger partial charge < -0.3 is 15.4 Å². The van der Waals surface area contributed by atoms with Gasteiger partial charge in [-0.1, -0.05) is 6.07 Å². The monoisotopic (exact) mass is 209 g/mol. The number of hydrogen-bond acceptors (Lipinski definition) is 4. The van der Waals surface area contributed by atoms with E-state index in [2.05, 4.69) is 23.7 Å². The molecule has 2 N–H and O–H groups in total. The van der Waals surface area contributed by atoms with Gasteiger partial charge in [0.15, 0.2) is 0 Å². The lowest BCUT2D eigenvalue weighted by atomic mass is 10.4. The molecule has 0 spiro atoms. The Morgan fingerprint density at radius 2 is 2.07 bits per heavy atom. The summed E-state index contributed by atoms with van der Waals surface area (Å²) in [7, 11) is 0. The Labute approximate surface area is 91.1 Å². The van der Waals surface area contributed by atoms with E-state index in [1.165, 1.54) is 0 Å². The maximum absolute atomic E-state index is 5.37. The average Bonchev–Trinajstić information content (AvgIpc) is 2.29. The van der Waals surface area contributed by atoms with E-state index >= 15 is 0 Å². The smallest absolute Gasteiger partial charge is 0.215 e. The van der Waals surface area contributed by atoms with Gasteiger partial charge in [-0.2, -0.15) is 4.98 Å². The largest absolute Gasteiger partial charge is 0.476 e. The summed E-state index contributed by atoms with van der Waals surface area (Å²) < 4.78 is 5.37. The van der Waals surface area contributed by atoms with E-state index < -0.39 is 0 Å². The fourth-order valence-corrected chi connectivity index (χ4v) is 1.37. The van der Waals surface area contributed by atoms with Crippen LogP contribution in [0.5, 0.6) is 5.88 Å².